The van der Waals surface area contributed by atoms with E-state index in [0.717, 1.165) is 6.42 Å². The molecule has 2 aromatic rings. The van der Waals surface area contributed by atoms with Crippen molar-refractivity contribution in [3.05, 3.63) is 24.3 Å². The molecule has 2 rings (SSSR count). The zero-order valence-electron chi connectivity index (χ0n) is 11.1. The van der Waals surface area contributed by atoms with E-state index in [1.54, 1.807) is 19.2 Å². The molecular weight excluding hydrogens is 244 g/mol. The Kier molecular flexibility index (Phi) is 3.80. The van der Waals surface area contributed by atoms with Gasteiger partial charge in [-0.2, -0.15) is 0 Å². The highest BCUT2D eigenvalue weighted by atomic mass is 16.3. The van der Waals surface area contributed by atoms with Crippen LogP contribution in [0.2, 0.25) is 0 Å². The molecular formula is C13H18N4O2. The molecule has 2 heterocycles. The van der Waals surface area contributed by atoms with Gasteiger partial charge in [0.05, 0.1) is 11.0 Å². The van der Waals surface area contributed by atoms with Crippen LogP contribution in [0.15, 0.2) is 18.6 Å². The van der Waals surface area contributed by atoms with Crippen LogP contribution in [0.4, 0.5) is 0 Å². The van der Waals surface area contributed by atoms with Crippen molar-refractivity contribution in [2.24, 2.45) is 0 Å². The van der Waals surface area contributed by atoms with Gasteiger partial charge in [-0.1, -0.05) is 13.3 Å². The average molecular weight is 262 g/mol. The highest BCUT2D eigenvalue weighted by Crippen LogP contribution is 2.14. The zero-order valence-corrected chi connectivity index (χ0v) is 11.1. The summed E-state index contributed by atoms with van der Waals surface area (Å²) in [5, 5.41) is 13.4. The second kappa shape index (κ2) is 5.36. The lowest BCUT2D eigenvalue weighted by molar-refractivity contribution is 0.0469. The van der Waals surface area contributed by atoms with E-state index in [9.17, 15) is 9.90 Å². The van der Waals surface area contributed by atoms with Crippen molar-refractivity contribution >= 4 is 16.9 Å². The van der Waals surface area contributed by atoms with Gasteiger partial charge in [-0.15, -0.1) is 0 Å². The van der Waals surface area contributed by atoms with Crippen molar-refractivity contribution in [2.45, 2.75) is 32.3 Å². The van der Waals surface area contributed by atoms with Crippen molar-refractivity contribution in [1.82, 2.24) is 20.3 Å². The maximum atomic E-state index is 12.1. The molecule has 2 aromatic heterocycles. The van der Waals surface area contributed by atoms with E-state index >= 15 is 0 Å². The molecule has 3 N–H and O–H groups in total. The summed E-state index contributed by atoms with van der Waals surface area (Å²) in [5.41, 5.74) is 0.0494. The van der Waals surface area contributed by atoms with Crippen LogP contribution in [0.25, 0.3) is 11.0 Å². The van der Waals surface area contributed by atoms with E-state index in [-0.39, 0.29) is 12.5 Å². The van der Waals surface area contributed by atoms with Crippen LogP contribution >= 0.6 is 0 Å². The molecule has 19 heavy (non-hydrogen) atoms. The Morgan fingerprint density at radius 3 is 3.05 bits per heavy atom. The van der Waals surface area contributed by atoms with Gasteiger partial charge >= 0.3 is 0 Å². The van der Waals surface area contributed by atoms with E-state index in [4.69, 9.17) is 0 Å². The van der Waals surface area contributed by atoms with Crippen LogP contribution in [0.1, 0.15) is 37.2 Å². The predicted molar refractivity (Wildman–Crippen MR) is 71.8 cm³/mol. The summed E-state index contributed by atoms with van der Waals surface area (Å²) in [6.07, 6.45) is 4.55. The Bertz CT molecular complexity index is 577. The molecule has 102 valence electrons. The number of amides is 1. The maximum absolute atomic E-state index is 12.1. The highest BCUT2D eigenvalue weighted by molar-refractivity contribution is 6.03. The van der Waals surface area contributed by atoms with Gasteiger partial charge in [0.2, 0.25) is 0 Å². The molecule has 0 spiro atoms. The zero-order chi connectivity index (χ0) is 13.9. The third kappa shape index (κ3) is 3.08. The summed E-state index contributed by atoms with van der Waals surface area (Å²) < 4.78 is 0. The predicted octanol–water partition coefficient (Wildman–Crippen LogP) is 1.24. The normalized spacial score (nSPS) is 14.3. The van der Waals surface area contributed by atoms with Crippen molar-refractivity contribution < 1.29 is 9.90 Å². The molecule has 0 fully saturated rings. The summed E-state index contributed by atoms with van der Waals surface area (Å²) in [7, 11) is 0. The summed E-state index contributed by atoms with van der Waals surface area (Å²) in [6, 6.07) is 1.76. The van der Waals surface area contributed by atoms with Gasteiger partial charge in [-0.25, -0.2) is 9.97 Å². The quantitative estimate of drug-likeness (QED) is 0.756. The van der Waals surface area contributed by atoms with Crippen molar-refractivity contribution in [3.63, 3.8) is 0 Å². The number of aliphatic hydroxyl groups is 1. The summed E-state index contributed by atoms with van der Waals surface area (Å²) in [6.45, 7) is 3.91. The minimum atomic E-state index is -0.894. The largest absolute Gasteiger partial charge is 0.388 e. The Labute approximate surface area is 111 Å². The third-order valence-electron chi connectivity index (χ3n) is 2.99. The standard InChI is InChI=1S/C13H18N4O2/c1-3-5-13(2,19)7-15-12(18)10-9-4-6-14-11(9)17-8-16-10/h4,6,8,19H,3,5,7H2,1-2H3,(H,15,18)(H,14,16,17). The van der Waals surface area contributed by atoms with E-state index in [0.29, 0.717) is 23.1 Å². The Balaban J connectivity index is 2.10. The van der Waals surface area contributed by atoms with Crippen LogP contribution in [0.3, 0.4) is 0 Å². The van der Waals surface area contributed by atoms with Crippen LogP contribution in [-0.2, 0) is 0 Å². The molecule has 0 saturated carbocycles. The fraction of sp³-hybridized carbons (Fsp3) is 0.462. The first-order chi connectivity index (χ1) is 9.03. The highest BCUT2D eigenvalue weighted by Gasteiger charge is 2.21. The number of carbonyl (C=O) groups is 1. The minimum absolute atomic E-state index is 0.204. The minimum Gasteiger partial charge on any atom is -0.388 e. The number of hydrogen-bond acceptors (Lipinski definition) is 4. The number of rotatable bonds is 5. The lowest BCUT2D eigenvalue weighted by atomic mass is 10.0. The van der Waals surface area contributed by atoms with Gasteiger partial charge in [-0.3, -0.25) is 4.79 Å². The van der Waals surface area contributed by atoms with Gasteiger partial charge in [-0.05, 0) is 19.4 Å². The van der Waals surface area contributed by atoms with Gasteiger partial charge in [0.25, 0.3) is 5.91 Å². The third-order valence-corrected chi connectivity index (χ3v) is 2.99. The summed E-state index contributed by atoms with van der Waals surface area (Å²) in [5.74, 6) is -0.302. The van der Waals surface area contributed by atoms with Crippen LogP contribution < -0.4 is 5.32 Å². The molecule has 0 saturated heterocycles. The average Bonchev–Trinajstić information content (AvgIpc) is 2.84. The number of aromatic nitrogens is 3. The molecule has 0 aliphatic heterocycles. The van der Waals surface area contributed by atoms with Gasteiger partial charge in [0, 0.05) is 12.7 Å². The lowest BCUT2D eigenvalue weighted by Crippen LogP contribution is -2.40. The Hall–Kier alpha value is -1.95. The first-order valence-corrected chi connectivity index (χ1v) is 6.32. The number of H-pyrrole nitrogens is 1. The van der Waals surface area contributed by atoms with E-state index in [2.05, 4.69) is 20.3 Å². The number of fused-ring (bicyclic) bond motifs is 1. The van der Waals surface area contributed by atoms with Crippen molar-refractivity contribution in [2.75, 3.05) is 6.54 Å². The molecule has 1 unspecified atom stereocenters. The van der Waals surface area contributed by atoms with Crippen LogP contribution in [0, 0.1) is 0 Å². The molecule has 6 nitrogen and oxygen atoms in total. The lowest BCUT2D eigenvalue weighted by Gasteiger charge is -2.22. The second-order valence-electron chi connectivity index (χ2n) is 4.89. The smallest absolute Gasteiger partial charge is 0.270 e. The van der Waals surface area contributed by atoms with Gasteiger partial charge < -0.3 is 15.4 Å². The molecule has 0 aliphatic carbocycles. The van der Waals surface area contributed by atoms with Crippen LogP contribution in [-0.4, -0.2) is 38.1 Å². The molecule has 1 amide bonds. The number of hydrogen-bond donors (Lipinski definition) is 3. The fourth-order valence-corrected chi connectivity index (χ4v) is 2.03. The Morgan fingerprint density at radius 2 is 2.32 bits per heavy atom. The van der Waals surface area contributed by atoms with Crippen molar-refractivity contribution in [1.29, 1.82) is 0 Å². The summed E-state index contributed by atoms with van der Waals surface area (Å²) in [4.78, 5) is 23.0. The van der Waals surface area contributed by atoms with E-state index in [1.165, 1.54) is 6.33 Å². The molecule has 0 aromatic carbocycles. The molecule has 0 radical (unpaired) electrons. The van der Waals surface area contributed by atoms with E-state index < -0.39 is 5.60 Å². The molecule has 6 heteroatoms. The SMILES string of the molecule is CCCC(C)(O)CNC(=O)c1ncnc2[nH]ccc12. The van der Waals surface area contributed by atoms with Crippen molar-refractivity contribution in [3.8, 4) is 0 Å². The topological polar surface area (TPSA) is 90.9 Å². The first-order valence-electron chi connectivity index (χ1n) is 6.32. The number of aromatic amines is 1. The van der Waals surface area contributed by atoms with Crippen LogP contribution in [0.5, 0.6) is 0 Å². The number of nitrogens with zero attached hydrogens (tertiary/aromatic N) is 2. The molecule has 0 aliphatic rings. The number of nitrogens with one attached hydrogen (secondary N) is 2. The maximum Gasteiger partial charge on any atom is 0.270 e. The molecule has 1 atom stereocenters. The van der Waals surface area contributed by atoms with Gasteiger partial charge in [0.15, 0.2) is 0 Å². The monoisotopic (exact) mass is 262 g/mol. The summed E-state index contributed by atoms with van der Waals surface area (Å²) >= 11 is 0. The van der Waals surface area contributed by atoms with Gasteiger partial charge in [0.1, 0.15) is 17.7 Å². The second-order valence-corrected chi connectivity index (χ2v) is 4.89. The molecule has 0 bridgehead atoms. The number of carbonyl (C=O) groups excluding carboxylic acids is 1. The van der Waals surface area contributed by atoms with E-state index in [1.807, 2.05) is 6.92 Å². The Morgan fingerprint density at radius 1 is 1.53 bits per heavy atom. The first kappa shape index (κ1) is 13.5. The fourth-order valence-electron chi connectivity index (χ4n) is 2.03.